The van der Waals surface area contributed by atoms with Crippen molar-refractivity contribution in [3.8, 4) is 0 Å². The van der Waals surface area contributed by atoms with Crippen LogP contribution in [0.1, 0.15) is 72.1 Å². The van der Waals surface area contributed by atoms with Gasteiger partial charge < -0.3 is 15.1 Å². The number of ether oxygens (including phenoxy) is 1. The molecule has 1 fully saturated rings. The van der Waals surface area contributed by atoms with Gasteiger partial charge in [-0.1, -0.05) is 26.2 Å². The summed E-state index contributed by atoms with van der Waals surface area (Å²) < 4.78 is 5.12. The molecular weight excluding hydrogens is 270 g/mol. The van der Waals surface area contributed by atoms with Gasteiger partial charge in [0.05, 0.1) is 6.10 Å². The first-order chi connectivity index (χ1) is 9.93. The number of hydrogen-bond acceptors (Lipinski definition) is 5. The topological polar surface area (TPSA) is 70.0 Å². The van der Waals surface area contributed by atoms with Crippen molar-refractivity contribution in [3.63, 3.8) is 0 Å². The van der Waals surface area contributed by atoms with Crippen LogP contribution in [-0.4, -0.2) is 45.6 Å². The highest BCUT2D eigenvalue weighted by Crippen LogP contribution is 2.29. The van der Waals surface area contributed by atoms with Crippen LogP contribution < -0.4 is 0 Å². The molecule has 1 aliphatic heterocycles. The normalized spacial score (nSPS) is 25.8. The van der Waals surface area contributed by atoms with Crippen LogP contribution in [0.15, 0.2) is 0 Å². The van der Waals surface area contributed by atoms with Gasteiger partial charge in [-0.25, -0.2) is 0 Å². The third kappa shape index (κ3) is 6.76. The second-order valence-corrected chi connectivity index (χ2v) is 6.31. The van der Waals surface area contributed by atoms with Gasteiger partial charge in [-0.3, -0.25) is 4.79 Å². The Kier molecular flexibility index (Phi) is 8.22. The van der Waals surface area contributed by atoms with Crippen LogP contribution in [0.3, 0.4) is 0 Å². The zero-order valence-corrected chi connectivity index (χ0v) is 13.6. The van der Waals surface area contributed by atoms with E-state index in [9.17, 15) is 15.1 Å². The lowest BCUT2D eigenvalue weighted by atomic mass is 10.0. The lowest BCUT2D eigenvalue weighted by Gasteiger charge is -2.26. The molecule has 21 heavy (non-hydrogen) atoms. The maximum atomic E-state index is 10.9. The van der Waals surface area contributed by atoms with Gasteiger partial charge >= 0.3 is 5.97 Å². The van der Waals surface area contributed by atoms with Crippen LogP contribution in [-0.2, 0) is 9.53 Å². The average Bonchev–Trinajstić information content (AvgIpc) is 2.71. The number of carbonyl (C=O) groups is 1. The van der Waals surface area contributed by atoms with Crippen LogP contribution in [0.4, 0.5) is 0 Å². The van der Waals surface area contributed by atoms with E-state index in [0.29, 0.717) is 12.8 Å². The molecule has 0 aromatic carbocycles. The van der Waals surface area contributed by atoms with Crippen LogP contribution in [0.2, 0.25) is 0 Å². The van der Waals surface area contributed by atoms with E-state index in [1.54, 1.807) is 0 Å². The monoisotopic (exact) mass is 301 g/mol. The Balaban J connectivity index is 2.31. The fourth-order valence-electron chi connectivity index (χ4n) is 3.18. The highest BCUT2D eigenvalue weighted by molar-refractivity contribution is 5.66. The summed E-state index contributed by atoms with van der Waals surface area (Å²) in [6.07, 6.45) is 6.67. The first kappa shape index (κ1) is 18.4. The average molecular weight is 301 g/mol. The van der Waals surface area contributed by atoms with Crippen molar-refractivity contribution in [2.24, 2.45) is 0 Å². The van der Waals surface area contributed by atoms with Crippen molar-refractivity contribution in [2.45, 2.75) is 96.4 Å². The zero-order valence-electron chi connectivity index (χ0n) is 13.6. The molecule has 0 aliphatic carbocycles. The molecular formula is C16H31NO4. The van der Waals surface area contributed by atoms with Crippen molar-refractivity contribution in [3.05, 3.63) is 0 Å². The van der Waals surface area contributed by atoms with Crippen LogP contribution in [0.25, 0.3) is 0 Å². The molecule has 0 unspecified atom stereocenters. The number of hydrogen-bond donors (Lipinski definition) is 2. The van der Waals surface area contributed by atoms with E-state index in [2.05, 4.69) is 6.92 Å². The van der Waals surface area contributed by atoms with E-state index >= 15 is 0 Å². The largest absolute Gasteiger partial charge is 0.463 e. The SMILES string of the molecule is CCCCC[C@H](O)C[C@@H]1CC[C@H](C[C@@H](C)OC(C)=O)N1O. The highest BCUT2D eigenvalue weighted by Gasteiger charge is 2.34. The number of unbranched alkanes of at least 4 members (excludes halogenated alkanes) is 2. The van der Waals surface area contributed by atoms with E-state index in [1.165, 1.54) is 12.0 Å². The third-order valence-electron chi connectivity index (χ3n) is 4.24. The predicted molar refractivity (Wildman–Crippen MR) is 81.0 cm³/mol. The second kappa shape index (κ2) is 9.38. The molecule has 1 aliphatic rings. The van der Waals surface area contributed by atoms with Gasteiger partial charge in [0, 0.05) is 25.4 Å². The van der Waals surface area contributed by atoms with Crippen molar-refractivity contribution in [1.29, 1.82) is 0 Å². The number of carbonyl (C=O) groups excluding carboxylic acids is 1. The van der Waals surface area contributed by atoms with Gasteiger partial charge in [-0.05, 0) is 32.6 Å². The van der Waals surface area contributed by atoms with E-state index in [4.69, 9.17) is 4.74 Å². The first-order valence-corrected chi connectivity index (χ1v) is 8.26. The fourth-order valence-corrected chi connectivity index (χ4v) is 3.18. The van der Waals surface area contributed by atoms with Crippen molar-refractivity contribution < 1.29 is 19.8 Å². The van der Waals surface area contributed by atoms with Gasteiger partial charge in [-0.15, -0.1) is 0 Å². The summed E-state index contributed by atoms with van der Waals surface area (Å²) in [6, 6.07) is 0.0448. The summed E-state index contributed by atoms with van der Waals surface area (Å²) in [5, 5.41) is 21.6. The van der Waals surface area contributed by atoms with Gasteiger partial charge in [0.2, 0.25) is 0 Å². The van der Waals surface area contributed by atoms with Gasteiger partial charge in [0.15, 0.2) is 0 Å². The number of aliphatic hydroxyl groups is 1. The molecule has 2 N–H and O–H groups in total. The molecule has 4 atom stereocenters. The Bertz CT molecular complexity index is 311. The zero-order chi connectivity index (χ0) is 15.8. The molecule has 0 radical (unpaired) electrons. The standard InChI is InChI=1S/C16H31NO4/c1-4-5-6-7-16(19)11-15-9-8-14(17(15)20)10-12(2)21-13(3)18/h12,14-16,19-20H,4-11H2,1-3H3/t12-,14-,15+,16+/m1/s1. The minimum absolute atomic E-state index is 0.0205. The Hall–Kier alpha value is -0.650. The summed E-state index contributed by atoms with van der Waals surface area (Å²) in [6.45, 7) is 5.40. The molecule has 0 amide bonds. The Labute approximate surface area is 128 Å². The predicted octanol–water partition coefficient (Wildman–Crippen LogP) is 2.88. The molecule has 124 valence electrons. The van der Waals surface area contributed by atoms with Crippen molar-refractivity contribution in [2.75, 3.05) is 0 Å². The summed E-state index contributed by atoms with van der Waals surface area (Å²) in [5.74, 6) is -0.284. The molecule has 1 heterocycles. The summed E-state index contributed by atoms with van der Waals surface area (Å²) in [7, 11) is 0. The molecule has 0 aromatic rings. The molecule has 1 saturated heterocycles. The molecule has 1 rings (SSSR count). The number of rotatable bonds is 9. The quantitative estimate of drug-likeness (QED) is 0.506. The molecule has 0 bridgehead atoms. The molecule has 0 aromatic heterocycles. The van der Waals surface area contributed by atoms with Crippen molar-refractivity contribution in [1.82, 2.24) is 5.06 Å². The number of hydroxylamine groups is 2. The lowest BCUT2D eigenvalue weighted by Crippen LogP contribution is -2.37. The molecule has 0 spiro atoms. The summed E-state index contributed by atoms with van der Waals surface area (Å²) in [5.41, 5.74) is 0. The first-order valence-electron chi connectivity index (χ1n) is 8.26. The minimum atomic E-state index is -0.333. The maximum Gasteiger partial charge on any atom is 0.302 e. The number of aliphatic hydroxyl groups excluding tert-OH is 1. The Morgan fingerprint density at radius 2 is 1.90 bits per heavy atom. The fraction of sp³-hybridized carbons (Fsp3) is 0.938. The van der Waals surface area contributed by atoms with Crippen LogP contribution in [0.5, 0.6) is 0 Å². The molecule has 0 saturated carbocycles. The van der Waals surface area contributed by atoms with Gasteiger partial charge in [0.1, 0.15) is 6.10 Å². The third-order valence-corrected chi connectivity index (χ3v) is 4.24. The van der Waals surface area contributed by atoms with E-state index in [-0.39, 0.29) is 30.3 Å². The van der Waals surface area contributed by atoms with Crippen molar-refractivity contribution >= 4 is 5.97 Å². The smallest absolute Gasteiger partial charge is 0.302 e. The summed E-state index contributed by atoms with van der Waals surface area (Å²) >= 11 is 0. The second-order valence-electron chi connectivity index (χ2n) is 6.31. The number of nitrogens with zero attached hydrogens (tertiary/aromatic N) is 1. The number of esters is 1. The van der Waals surface area contributed by atoms with Crippen LogP contribution >= 0.6 is 0 Å². The van der Waals surface area contributed by atoms with E-state index < -0.39 is 0 Å². The minimum Gasteiger partial charge on any atom is -0.463 e. The Morgan fingerprint density at radius 1 is 1.29 bits per heavy atom. The highest BCUT2D eigenvalue weighted by atomic mass is 16.5. The Morgan fingerprint density at radius 3 is 2.48 bits per heavy atom. The van der Waals surface area contributed by atoms with Gasteiger partial charge in [-0.2, -0.15) is 5.06 Å². The maximum absolute atomic E-state index is 10.9. The van der Waals surface area contributed by atoms with E-state index in [1.807, 2.05) is 6.92 Å². The molecule has 5 heteroatoms. The van der Waals surface area contributed by atoms with E-state index in [0.717, 1.165) is 38.5 Å². The lowest BCUT2D eigenvalue weighted by molar-refractivity contribution is -0.158. The van der Waals surface area contributed by atoms with Crippen LogP contribution in [0, 0.1) is 0 Å². The van der Waals surface area contributed by atoms with Gasteiger partial charge in [0.25, 0.3) is 0 Å². The molecule has 5 nitrogen and oxygen atoms in total. The summed E-state index contributed by atoms with van der Waals surface area (Å²) in [4.78, 5) is 10.9.